The van der Waals surface area contributed by atoms with Gasteiger partial charge in [0.25, 0.3) is 0 Å². The topological polar surface area (TPSA) is 55.4 Å². The van der Waals surface area contributed by atoms with E-state index in [4.69, 9.17) is 4.74 Å². The van der Waals surface area contributed by atoms with Gasteiger partial charge in [0, 0.05) is 5.92 Å². The van der Waals surface area contributed by atoms with Crippen molar-refractivity contribution < 1.29 is 14.3 Å². The minimum Gasteiger partial charge on any atom is -0.497 e. The predicted molar refractivity (Wildman–Crippen MR) is 69.6 cm³/mol. The van der Waals surface area contributed by atoms with Gasteiger partial charge in [-0.15, -0.1) is 0 Å². The van der Waals surface area contributed by atoms with Crippen molar-refractivity contribution >= 4 is 11.8 Å². The van der Waals surface area contributed by atoms with Crippen molar-refractivity contribution in [3.05, 3.63) is 29.8 Å². The van der Waals surface area contributed by atoms with Crippen LogP contribution in [0.4, 0.5) is 0 Å². The molecule has 19 heavy (non-hydrogen) atoms. The molecule has 1 saturated carbocycles. The van der Waals surface area contributed by atoms with Crippen LogP contribution < -0.4 is 10.1 Å². The molecule has 100 valence electrons. The largest absolute Gasteiger partial charge is 0.497 e. The lowest BCUT2D eigenvalue weighted by molar-refractivity contribution is -0.159. The molecule has 0 aromatic heterocycles. The van der Waals surface area contributed by atoms with Crippen LogP contribution in [-0.4, -0.2) is 18.9 Å². The van der Waals surface area contributed by atoms with Crippen LogP contribution in [-0.2, 0) is 16.0 Å². The molecule has 0 atom stereocenters. The summed E-state index contributed by atoms with van der Waals surface area (Å²) in [6, 6.07) is 7.91. The minimum absolute atomic E-state index is 0.0635. The quantitative estimate of drug-likeness (QED) is 0.837. The number of amides is 2. The Bertz CT molecular complexity index is 515. The van der Waals surface area contributed by atoms with Gasteiger partial charge in [0.2, 0.25) is 11.8 Å². The molecule has 2 amide bonds. The van der Waals surface area contributed by atoms with Crippen LogP contribution in [0, 0.1) is 11.3 Å². The molecule has 0 unspecified atom stereocenters. The van der Waals surface area contributed by atoms with Crippen molar-refractivity contribution in [2.45, 2.75) is 25.7 Å². The van der Waals surface area contributed by atoms with Gasteiger partial charge in [-0.2, -0.15) is 0 Å². The molecule has 4 nitrogen and oxygen atoms in total. The van der Waals surface area contributed by atoms with Gasteiger partial charge in [-0.25, -0.2) is 0 Å². The minimum atomic E-state index is -0.293. The zero-order chi connectivity index (χ0) is 13.5. The van der Waals surface area contributed by atoms with Gasteiger partial charge in [-0.05, 0) is 43.4 Å². The first-order chi connectivity index (χ1) is 9.13. The van der Waals surface area contributed by atoms with Gasteiger partial charge in [0.15, 0.2) is 0 Å². The number of imide groups is 1. The molecule has 0 spiro atoms. The Labute approximate surface area is 112 Å². The fraction of sp³-hybridized carbons (Fsp3) is 0.467. The van der Waals surface area contributed by atoms with Gasteiger partial charge >= 0.3 is 0 Å². The second-order valence-electron chi connectivity index (χ2n) is 5.55. The first kappa shape index (κ1) is 12.2. The molecule has 4 rings (SSSR count). The molecule has 1 aliphatic carbocycles. The third-order valence-electron chi connectivity index (χ3n) is 4.41. The van der Waals surface area contributed by atoms with E-state index in [2.05, 4.69) is 5.32 Å². The Morgan fingerprint density at radius 3 is 2.53 bits per heavy atom. The predicted octanol–water partition coefficient (Wildman–Crippen LogP) is 1.68. The maximum atomic E-state index is 11.9. The molecule has 0 radical (unpaired) electrons. The summed E-state index contributed by atoms with van der Waals surface area (Å²) < 4.78 is 5.12. The van der Waals surface area contributed by atoms with Crippen molar-refractivity contribution in [3.63, 3.8) is 0 Å². The van der Waals surface area contributed by atoms with Crippen LogP contribution in [0.1, 0.15) is 24.8 Å². The fourth-order valence-electron chi connectivity index (χ4n) is 3.09. The Morgan fingerprint density at radius 1 is 1.26 bits per heavy atom. The van der Waals surface area contributed by atoms with Gasteiger partial charge in [-0.1, -0.05) is 12.1 Å². The molecule has 2 bridgehead atoms. The molecule has 4 heteroatoms. The molecule has 1 aromatic carbocycles. The molecule has 3 fully saturated rings. The molecule has 2 heterocycles. The molecule has 1 aromatic rings. The van der Waals surface area contributed by atoms with Crippen LogP contribution in [0.2, 0.25) is 0 Å². The average Bonchev–Trinajstić information content (AvgIpc) is 2.37. The second-order valence-corrected chi connectivity index (χ2v) is 5.55. The highest BCUT2D eigenvalue weighted by molar-refractivity contribution is 6.04. The number of rotatable bonds is 4. The molecule has 3 aliphatic rings. The van der Waals surface area contributed by atoms with Crippen LogP contribution in [0.15, 0.2) is 24.3 Å². The standard InChI is InChI=1S/C15H17NO3/c1-19-12-4-2-10(3-5-12)6-7-15-8-11(9-15)13(17)16-14(15)18/h2-5,11H,6-9H2,1H3,(H,16,17,18). The van der Waals surface area contributed by atoms with E-state index in [9.17, 15) is 9.59 Å². The van der Waals surface area contributed by atoms with E-state index in [1.807, 2.05) is 24.3 Å². The van der Waals surface area contributed by atoms with E-state index in [1.54, 1.807) is 7.11 Å². The molecular weight excluding hydrogens is 242 g/mol. The fourth-order valence-corrected chi connectivity index (χ4v) is 3.09. The van der Waals surface area contributed by atoms with Gasteiger partial charge in [0.1, 0.15) is 5.75 Å². The monoisotopic (exact) mass is 259 g/mol. The number of fused-ring (bicyclic) bond motifs is 2. The number of nitrogens with one attached hydrogen (secondary N) is 1. The van der Waals surface area contributed by atoms with Crippen LogP contribution in [0.5, 0.6) is 5.75 Å². The number of piperidine rings is 2. The van der Waals surface area contributed by atoms with E-state index >= 15 is 0 Å². The number of benzene rings is 1. The van der Waals surface area contributed by atoms with Gasteiger partial charge in [0.05, 0.1) is 12.5 Å². The van der Waals surface area contributed by atoms with E-state index in [-0.39, 0.29) is 23.1 Å². The normalized spacial score (nSPS) is 28.6. The summed E-state index contributed by atoms with van der Waals surface area (Å²) >= 11 is 0. The van der Waals surface area contributed by atoms with Crippen molar-refractivity contribution in [1.82, 2.24) is 5.32 Å². The highest BCUT2D eigenvalue weighted by Crippen LogP contribution is 2.51. The summed E-state index contributed by atoms with van der Waals surface area (Å²) in [5.74, 6) is 0.741. The lowest BCUT2D eigenvalue weighted by Gasteiger charge is -2.49. The van der Waals surface area contributed by atoms with Crippen molar-refractivity contribution in [3.8, 4) is 5.75 Å². The van der Waals surface area contributed by atoms with Crippen LogP contribution >= 0.6 is 0 Å². The highest BCUT2D eigenvalue weighted by atomic mass is 16.5. The summed E-state index contributed by atoms with van der Waals surface area (Å²) in [4.78, 5) is 23.3. The zero-order valence-corrected chi connectivity index (χ0v) is 10.9. The van der Waals surface area contributed by atoms with E-state index < -0.39 is 0 Å². The molecule has 2 aliphatic heterocycles. The summed E-state index contributed by atoms with van der Waals surface area (Å²) in [7, 11) is 1.64. The van der Waals surface area contributed by atoms with E-state index in [0.717, 1.165) is 31.4 Å². The SMILES string of the molecule is COc1ccc(CCC23CC(C2)C(=O)NC3=O)cc1. The summed E-state index contributed by atoms with van der Waals surface area (Å²) in [5.41, 5.74) is 0.904. The smallest absolute Gasteiger partial charge is 0.232 e. The lowest BCUT2D eigenvalue weighted by Crippen LogP contribution is -2.61. The summed E-state index contributed by atoms with van der Waals surface area (Å²) in [6.07, 6.45) is 3.13. The molecule has 1 N–H and O–H groups in total. The van der Waals surface area contributed by atoms with Crippen molar-refractivity contribution in [2.75, 3.05) is 7.11 Å². The third-order valence-corrected chi connectivity index (χ3v) is 4.41. The molecular formula is C15H17NO3. The Hall–Kier alpha value is -1.84. The maximum absolute atomic E-state index is 11.9. The highest BCUT2D eigenvalue weighted by Gasteiger charge is 2.56. The lowest BCUT2D eigenvalue weighted by atomic mass is 9.56. The summed E-state index contributed by atoms with van der Waals surface area (Å²) in [5, 5.41) is 2.48. The number of methoxy groups -OCH3 is 1. The van der Waals surface area contributed by atoms with Gasteiger partial charge in [-0.3, -0.25) is 14.9 Å². The first-order valence-corrected chi connectivity index (χ1v) is 6.61. The first-order valence-electron chi connectivity index (χ1n) is 6.61. The Balaban J connectivity index is 1.63. The average molecular weight is 259 g/mol. The van der Waals surface area contributed by atoms with Crippen LogP contribution in [0.3, 0.4) is 0 Å². The number of aryl methyl sites for hydroxylation is 1. The van der Waals surface area contributed by atoms with Crippen molar-refractivity contribution in [1.29, 1.82) is 0 Å². The van der Waals surface area contributed by atoms with Crippen LogP contribution in [0.25, 0.3) is 0 Å². The third kappa shape index (κ3) is 2.01. The number of carbonyl (C=O) groups is 2. The van der Waals surface area contributed by atoms with Crippen molar-refractivity contribution in [2.24, 2.45) is 11.3 Å². The second kappa shape index (κ2) is 4.37. The zero-order valence-electron chi connectivity index (χ0n) is 10.9. The van der Waals surface area contributed by atoms with E-state index in [1.165, 1.54) is 5.56 Å². The summed E-state index contributed by atoms with van der Waals surface area (Å²) in [6.45, 7) is 0. The number of hydrogen-bond donors (Lipinski definition) is 1. The number of ether oxygens (including phenoxy) is 1. The number of carbonyl (C=O) groups excluding carboxylic acids is 2. The maximum Gasteiger partial charge on any atom is 0.232 e. The van der Waals surface area contributed by atoms with E-state index in [0.29, 0.717) is 0 Å². The number of hydrogen-bond acceptors (Lipinski definition) is 3. The molecule has 2 saturated heterocycles. The Morgan fingerprint density at radius 2 is 1.95 bits per heavy atom. The Kier molecular flexibility index (Phi) is 2.81. The van der Waals surface area contributed by atoms with Gasteiger partial charge < -0.3 is 4.74 Å².